The van der Waals surface area contributed by atoms with Gasteiger partial charge in [0.05, 0.1) is 7.11 Å². The number of rotatable bonds is 3. The van der Waals surface area contributed by atoms with Gasteiger partial charge in [-0.25, -0.2) is 5.06 Å². The highest BCUT2D eigenvalue weighted by molar-refractivity contribution is 5.75. The molecule has 3 saturated heterocycles. The Morgan fingerprint density at radius 3 is 2.60 bits per heavy atom. The summed E-state index contributed by atoms with van der Waals surface area (Å²) in [5, 5.41) is 1.34. The number of hydrogen-bond acceptors (Lipinski definition) is 3. The second kappa shape index (κ2) is 4.49. The summed E-state index contributed by atoms with van der Waals surface area (Å²) >= 11 is 0. The van der Waals surface area contributed by atoms with Crippen molar-refractivity contribution in [2.45, 2.75) is 19.3 Å². The van der Waals surface area contributed by atoms with Crippen LogP contribution in [0.2, 0.25) is 0 Å². The predicted molar refractivity (Wildman–Crippen MR) is 57.1 cm³/mol. The number of hydrogen-bond donors (Lipinski definition) is 0. The Morgan fingerprint density at radius 2 is 2.13 bits per heavy atom. The summed E-state index contributed by atoms with van der Waals surface area (Å²) in [7, 11) is 3.22. The molecule has 0 N–H and O–H groups in total. The zero-order valence-corrected chi connectivity index (χ0v) is 9.61. The Hall–Kier alpha value is -0.610. The average Bonchev–Trinajstić information content (AvgIpc) is 2.29. The van der Waals surface area contributed by atoms with E-state index in [1.54, 1.807) is 7.05 Å². The van der Waals surface area contributed by atoms with Crippen molar-refractivity contribution in [1.29, 1.82) is 0 Å². The Kier molecular flexibility index (Phi) is 3.26. The number of fused-ring (bicyclic) bond motifs is 3. The number of carbonyl (C=O) groups is 1. The first-order valence-electron chi connectivity index (χ1n) is 5.73. The smallest absolute Gasteiger partial charge is 0.246 e. The average molecular weight is 212 g/mol. The maximum Gasteiger partial charge on any atom is 0.246 e. The normalized spacial score (nSPS) is 34.1. The van der Waals surface area contributed by atoms with Crippen LogP contribution in [0.4, 0.5) is 0 Å². The molecule has 86 valence electrons. The van der Waals surface area contributed by atoms with E-state index in [0.29, 0.717) is 12.3 Å². The minimum Gasteiger partial charge on any atom is -0.303 e. The molecule has 0 saturated carbocycles. The van der Waals surface area contributed by atoms with Gasteiger partial charge >= 0.3 is 0 Å². The van der Waals surface area contributed by atoms with Crippen LogP contribution < -0.4 is 0 Å². The van der Waals surface area contributed by atoms with Gasteiger partial charge in [-0.3, -0.25) is 9.63 Å². The van der Waals surface area contributed by atoms with Crippen molar-refractivity contribution in [2.24, 2.45) is 11.8 Å². The molecular weight excluding hydrogens is 192 g/mol. The van der Waals surface area contributed by atoms with E-state index in [4.69, 9.17) is 4.84 Å². The minimum absolute atomic E-state index is 0.108. The fourth-order valence-electron chi connectivity index (χ4n) is 2.77. The molecule has 0 spiro atoms. The van der Waals surface area contributed by atoms with Crippen molar-refractivity contribution in [2.75, 3.05) is 33.8 Å². The fourth-order valence-corrected chi connectivity index (χ4v) is 2.77. The van der Waals surface area contributed by atoms with E-state index < -0.39 is 0 Å². The zero-order valence-electron chi connectivity index (χ0n) is 9.61. The van der Waals surface area contributed by atoms with E-state index >= 15 is 0 Å². The van der Waals surface area contributed by atoms with Crippen molar-refractivity contribution < 1.29 is 9.63 Å². The molecule has 0 radical (unpaired) electrons. The van der Waals surface area contributed by atoms with Crippen molar-refractivity contribution in [1.82, 2.24) is 9.96 Å². The van der Waals surface area contributed by atoms with Gasteiger partial charge in [-0.05, 0) is 37.8 Å². The second-order valence-electron chi connectivity index (χ2n) is 4.68. The van der Waals surface area contributed by atoms with Crippen molar-refractivity contribution in [3.63, 3.8) is 0 Å². The molecule has 1 amide bonds. The first-order valence-corrected chi connectivity index (χ1v) is 5.73. The summed E-state index contributed by atoms with van der Waals surface area (Å²) < 4.78 is 0. The molecule has 3 aliphatic heterocycles. The minimum atomic E-state index is 0.108. The molecule has 3 heterocycles. The summed E-state index contributed by atoms with van der Waals surface area (Å²) in [4.78, 5) is 19.1. The summed E-state index contributed by atoms with van der Waals surface area (Å²) in [6, 6.07) is 0. The van der Waals surface area contributed by atoms with E-state index in [2.05, 4.69) is 4.90 Å². The Labute approximate surface area is 91.1 Å². The highest BCUT2D eigenvalue weighted by Crippen LogP contribution is 2.34. The molecule has 0 aliphatic carbocycles. The number of hydroxylamine groups is 2. The van der Waals surface area contributed by atoms with Crippen LogP contribution in [-0.4, -0.2) is 49.7 Å². The van der Waals surface area contributed by atoms with E-state index in [-0.39, 0.29) is 5.91 Å². The van der Waals surface area contributed by atoms with Crippen molar-refractivity contribution in [3.8, 4) is 0 Å². The van der Waals surface area contributed by atoms with Gasteiger partial charge in [0.15, 0.2) is 0 Å². The van der Waals surface area contributed by atoms with Crippen LogP contribution in [0.5, 0.6) is 0 Å². The molecule has 0 aromatic heterocycles. The van der Waals surface area contributed by atoms with Crippen LogP contribution in [-0.2, 0) is 9.63 Å². The summed E-state index contributed by atoms with van der Waals surface area (Å²) in [6.45, 7) is 3.57. The number of carbonyl (C=O) groups excluding carboxylic acids is 1. The lowest BCUT2D eigenvalue weighted by molar-refractivity contribution is -0.171. The molecule has 0 aromatic rings. The molecule has 3 rings (SSSR count). The first kappa shape index (κ1) is 10.9. The number of piperidine rings is 3. The highest BCUT2D eigenvalue weighted by atomic mass is 16.7. The summed E-state index contributed by atoms with van der Waals surface area (Å²) in [5.74, 6) is 1.43. The molecule has 15 heavy (non-hydrogen) atoms. The lowest BCUT2D eigenvalue weighted by atomic mass is 9.77. The van der Waals surface area contributed by atoms with Crippen molar-refractivity contribution >= 4 is 5.91 Å². The largest absolute Gasteiger partial charge is 0.303 e. The first-order chi connectivity index (χ1) is 7.20. The van der Waals surface area contributed by atoms with Gasteiger partial charge < -0.3 is 4.90 Å². The molecular formula is C11H20N2O2. The van der Waals surface area contributed by atoms with E-state index in [9.17, 15) is 4.79 Å². The third-order valence-corrected chi connectivity index (χ3v) is 3.85. The van der Waals surface area contributed by atoms with Crippen LogP contribution in [0.25, 0.3) is 0 Å². The van der Waals surface area contributed by atoms with Gasteiger partial charge in [0, 0.05) is 20.0 Å². The third kappa shape index (κ3) is 2.32. The van der Waals surface area contributed by atoms with Gasteiger partial charge in [0.25, 0.3) is 0 Å². The van der Waals surface area contributed by atoms with Crippen LogP contribution >= 0.6 is 0 Å². The van der Waals surface area contributed by atoms with Crippen LogP contribution in [0.1, 0.15) is 19.3 Å². The van der Waals surface area contributed by atoms with E-state index in [1.807, 2.05) is 0 Å². The maximum absolute atomic E-state index is 11.7. The van der Waals surface area contributed by atoms with Gasteiger partial charge in [-0.1, -0.05) is 0 Å². The van der Waals surface area contributed by atoms with Crippen LogP contribution in [0.3, 0.4) is 0 Å². The summed E-state index contributed by atoms with van der Waals surface area (Å²) in [6.07, 6.45) is 3.19. The third-order valence-electron chi connectivity index (χ3n) is 3.85. The Morgan fingerprint density at radius 1 is 1.47 bits per heavy atom. The molecule has 3 aliphatic rings. The van der Waals surface area contributed by atoms with Gasteiger partial charge in [-0.15, -0.1) is 0 Å². The lowest BCUT2D eigenvalue weighted by Gasteiger charge is -2.44. The molecule has 1 unspecified atom stereocenters. The number of amides is 1. The Bertz CT molecular complexity index is 237. The van der Waals surface area contributed by atoms with Crippen LogP contribution in [0.15, 0.2) is 0 Å². The fraction of sp³-hybridized carbons (Fsp3) is 0.909. The highest BCUT2D eigenvalue weighted by Gasteiger charge is 2.35. The molecule has 4 nitrogen and oxygen atoms in total. The van der Waals surface area contributed by atoms with E-state index in [1.165, 1.54) is 38.1 Å². The van der Waals surface area contributed by atoms with Gasteiger partial charge in [0.1, 0.15) is 0 Å². The molecule has 1 atom stereocenters. The number of nitrogens with zero attached hydrogens (tertiary/aromatic N) is 2. The molecule has 3 fully saturated rings. The zero-order chi connectivity index (χ0) is 10.8. The molecule has 4 heteroatoms. The SMILES string of the molecule is CON(C)C(=O)CC1CN2CCC1CC2. The lowest BCUT2D eigenvalue weighted by Crippen LogP contribution is -2.48. The summed E-state index contributed by atoms with van der Waals surface area (Å²) in [5.41, 5.74) is 0. The van der Waals surface area contributed by atoms with Gasteiger partial charge in [-0.2, -0.15) is 0 Å². The second-order valence-corrected chi connectivity index (χ2v) is 4.68. The predicted octanol–water partition coefficient (Wildman–Crippen LogP) is 0.738. The standard InChI is InChI=1S/C11H20N2O2/c1-12(15-2)11(14)7-10-8-13-5-3-9(10)4-6-13/h9-10H,3-8H2,1-2H3. The monoisotopic (exact) mass is 212 g/mol. The van der Waals surface area contributed by atoms with Gasteiger partial charge in [0.2, 0.25) is 5.91 Å². The van der Waals surface area contributed by atoms with E-state index in [0.717, 1.165) is 12.5 Å². The van der Waals surface area contributed by atoms with Crippen molar-refractivity contribution in [3.05, 3.63) is 0 Å². The maximum atomic E-state index is 11.7. The quantitative estimate of drug-likeness (QED) is 0.647. The molecule has 0 aromatic carbocycles. The van der Waals surface area contributed by atoms with Crippen LogP contribution in [0, 0.1) is 11.8 Å². The molecule has 2 bridgehead atoms. The Balaban J connectivity index is 1.87. The topological polar surface area (TPSA) is 32.8 Å².